The highest BCUT2D eigenvalue weighted by atomic mass is 35.5. The van der Waals surface area contributed by atoms with E-state index in [1.165, 1.54) is 0 Å². The Balaban J connectivity index is 1.45. The number of fused-ring (bicyclic) bond motifs is 5. The molecule has 0 radical (unpaired) electrons. The predicted octanol–water partition coefficient (Wildman–Crippen LogP) is 2.09. The topological polar surface area (TPSA) is 66.5 Å². The summed E-state index contributed by atoms with van der Waals surface area (Å²) < 4.78 is 0. The molecule has 0 unspecified atom stereocenters. The van der Waals surface area contributed by atoms with Crippen molar-refractivity contribution in [1.82, 2.24) is 4.90 Å². The average Bonchev–Trinajstić information content (AvgIpc) is 3.19. The standard InChI is InChI=1S/C17H15ClN2O3/c18-11-3-5-12(6-4-11)19-13(21)8-20-16(22)14-9-1-2-10(7-9)15(14)17(20)23/h1-6,9-10,14-15H,7-8H2,(H,19,21)/t9-,10+,14-,15-/m1/s1. The zero-order chi connectivity index (χ0) is 16.1. The molecule has 1 saturated carbocycles. The van der Waals surface area contributed by atoms with E-state index >= 15 is 0 Å². The summed E-state index contributed by atoms with van der Waals surface area (Å²) in [5.41, 5.74) is 0.584. The number of hydrogen-bond donors (Lipinski definition) is 1. The molecule has 1 aromatic rings. The summed E-state index contributed by atoms with van der Waals surface area (Å²) in [6.45, 7) is -0.229. The highest BCUT2D eigenvalue weighted by molar-refractivity contribution is 6.30. The molecular formula is C17H15ClN2O3. The lowest BCUT2D eigenvalue weighted by atomic mass is 9.85. The first-order chi connectivity index (χ1) is 11.0. The van der Waals surface area contributed by atoms with Crippen molar-refractivity contribution in [2.24, 2.45) is 23.7 Å². The lowest BCUT2D eigenvalue weighted by Crippen LogP contribution is -2.39. The van der Waals surface area contributed by atoms with Crippen molar-refractivity contribution in [2.45, 2.75) is 6.42 Å². The summed E-state index contributed by atoms with van der Waals surface area (Å²) in [6.07, 6.45) is 4.96. The largest absolute Gasteiger partial charge is 0.325 e. The van der Waals surface area contributed by atoms with E-state index in [0.29, 0.717) is 10.7 Å². The number of allylic oxidation sites excluding steroid dienone is 2. The fourth-order valence-electron chi connectivity index (χ4n) is 4.00. The van der Waals surface area contributed by atoms with Crippen molar-refractivity contribution in [3.05, 3.63) is 41.4 Å². The fourth-order valence-corrected chi connectivity index (χ4v) is 4.12. The second kappa shape index (κ2) is 5.20. The van der Waals surface area contributed by atoms with Crippen molar-refractivity contribution in [3.63, 3.8) is 0 Å². The first-order valence-electron chi connectivity index (χ1n) is 7.63. The van der Waals surface area contributed by atoms with E-state index in [9.17, 15) is 14.4 Å². The van der Waals surface area contributed by atoms with Crippen LogP contribution in [0.3, 0.4) is 0 Å². The van der Waals surface area contributed by atoms with E-state index in [1.807, 2.05) is 12.2 Å². The number of imide groups is 1. The number of nitrogens with one attached hydrogen (secondary N) is 1. The molecule has 4 rings (SSSR count). The van der Waals surface area contributed by atoms with Crippen molar-refractivity contribution < 1.29 is 14.4 Å². The van der Waals surface area contributed by atoms with E-state index in [-0.39, 0.29) is 47.9 Å². The van der Waals surface area contributed by atoms with Crippen LogP contribution in [0, 0.1) is 23.7 Å². The van der Waals surface area contributed by atoms with Crippen LogP contribution in [0.25, 0.3) is 0 Å². The Morgan fingerprint density at radius 3 is 2.22 bits per heavy atom. The Bertz CT molecular complexity index is 698. The summed E-state index contributed by atoms with van der Waals surface area (Å²) in [5, 5.41) is 3.25. The number of rotatable bonds is 3. The molecule has 5 nitrogen and oxygen atoms in total. The second-order valence-corrected chi connectivity index (χ2v) is 6.75. The maximum Gasteiger partial charge on any atom is 0.244 e. The van der Waals surface area contributed by atoms with Gasteiger partial charge in [-0.3, -0.25) is 19.3 Å². The maximum absolute atomic E-state index is 12.5. The smallest absolute Gasteiger partial charge is 0.244 e. The van der Waals surface area contributed by atoms with Crippen molar-refractivity contribution in [2.75, 3.05) is 11.9 Å². The zero-order valence-electron chi connectivity index (χ0n) is 12.2. The van der Waals surface area contributed by atoms with Gasteiger partial charge in [0.25, 0.3) is 0 Å². The van der Waals surface area contributed by atoms with Crippen molar-refractivity contribution in [3.8, 4) is 0 Å². The molecule has 3 amide bonds. The van der Waals surface area contributed by atoms with Gasteiger partial charge in [0.1, 0.15) is 6.54 Å². The molecule has 3 aliphatic rings. The highest BCUT2D eigenvalue weighted by Gasteiger charge is 2.59. The minimum Gasteiger partial charge on any atom is -0.325 e. The highest BCUT2D eigenvalue weighted by Crippen LogP contribution is 2.52. The number of anilines is 1. The summed E-state index contributed by atoms with van der Waals surface area (Å²) in [6, 6.07) is 6.67. The Morgan fingerprint density at radius 1 is 1.09 bits per heavy atom. The average molecular weight is 331 g/mol. The first-order valence-corrected chi connectivity index (χ1v) is 8.01. The van der Waals surface area contributed by atoms with E-state index in [4.69, 9.17) is 11.6 Å². The van der Waals surface area contributed by atoms with Gasteiger partial charge in [-0.25, -0.2) is 0 Å². The Morgan fingerprint density at radius 2 is 1.65 bits per heavy atom. The lowest BCUT2D eigenvalue weighted by Gasteiger charge is -2.16. The third kappa shape index (κ3) is 2.27. The number of benzene rings is 1. The zero-order valence-corrected chi connectivity index (χ0v) is 13.0. The molecule has 4 atom stereocenters. The van der Waals surface area contributed by atoms with Crippen LogP contribution in [-0.2, 0) is 14.4 Å². The van der Waals surface area contributed by atoms with Crippen LogP contribution in [0.15, 0.2) is 36.4 Å². The van der Waals surface area contributed by atoms with Crippen LogP contribution in [0.4, 0.5) is 5.69 Å². The lowest BCUT2D eigenvalue weighted by molar-refractivity contribution is -0.143. The third-order valence-corrected chi connectivity index (χ3v) is 5.24. The number of carbonyl (C=O) groups excluding carboxylic acids is 3. The van der Waals surface area contributed by atoms with Gasteiger partial charge in [-0.1, -0.05) is 23.8 Å². The molecule has 1 aromatic carbocycles. The number of halogens is 1. The first kappa shape index (κ1) is 14.5. The minimum absolute atomic E-state index is 0.158. The summed E-state index contributed by atoms with van der Waals surface area (Å²) in [7, 11) is 0. The predicted molar refractivity (Wildman–Crippen MR) is 84.5 cm³/mol. The van der Waals surface area contributed by atoms with Gasteiger partial charge in [-0.2, -0.15) is 0 Å². The van der Waals surface area contributed by atoms with Crippen LogP contribution >= 0.6 is 11.6 Å². The Hall–Kier alpha value is -2.14. The molecule has 2 aliphatic carbocycles. The molecule has 118 valence electrons. The van der Waals surface area contributed by atoms with Gasteiger partial charge in [-0.05, 0) is 42.5 Å². The number of likely N-dealkylation sites (tertiary alicyclic amines) is 1. The molecule has 1 saturated heterocycles. The van der Waals surface area contributed by atoms with Gasteiger partial charge >= 0.3 is 0 Å². The van der Waals surface area contributed by atoms with Gasteiger partial charge in [0, 0.05) is 10.7 Å². The number of carbonyl (C=O) groups is 3. The third-order valence-electron chi connectivity index (χ3n) is 4.99. The van der Waals surface area contributed by atoms with E-state index in [1.54, 1.807) is 24.3 Å². The van der Waals surface area contributed by atoms with Gasteiger partial charge in [0.15, 0.2) is 0 Å². The molecule has 23 heavy (non-hydrogen) atoms. The molecule has 1 aliphatic heterocycles. The van der Waals surface area contributed by atoms with Gasteiger partial charge in [-0.15, -0.1) is 0 Å². The van der Waals surface area contributed by atoms with Crippen molar-refractivity contribution in [1.29, 1.82) is 0 Å². The summed E-state index contributed by atoms with van der Waals surface area (Å²) in [5.74, 6) is -1.00. The molecule has 0 aromatic heterocycles. The van der Waals surface area contributed by atoms with Crippen molar-refractivity contribution >= 4 is 35.0 Å². The molecule has 2 bridgehead atoms. The van der Waals surface area contributed by atoms with Gasteiger partial charge in [0.2, 0.25) is 17.7 Å². The van der Waals surface area contributed by atoms with E-state index < -0.39 is 0 Å². The molecule has 1 N–H and O–H groups in total. The normalized spacial score (nSPS) is 30.9. The van der Waals surface area contributed by atoms with E-state index in [2.05, 4.69) is 5.32 Å². The number of hydrogen-bond acceptors (Lipinski definition) is 3. The number of nitrogens with zero attached hydrogens (tertiary/aromatic N) is 1. The monoisotopic (exact) mass is 330 g/mol. The fraction of sp³-hybridized carbons (Fsp3) is 0.353. The van der Waals surface area contributed by atoms with Crippen LogP contribution in [0.5, 0.6) is 0 Å². The van der Waals surface area contributed by atoms with Gasteiger partial charge < -0.3 is 5.32 Å². The van der Waals surface area contributed by atoms with Crippen LogP contribution in [-0.4, -0.2) is 29.2 Å². The quantitative estimate of drug-likeness (QED) is 0.681. The van der Waals surface area contributed by atoms with Gasteiger partial charge in [0.05, 0.1) is 11.8 Å². The van der Waals surface area contributed by atoms with Crippen LogP contribution in [0.1, 0.15) is 6.42 Å². The summed E-state index contributed by atoms with van der Waals surface area (Å²) >= 11 is 5.80. The summed E-state index contributed by atoms with van der Waals surface area (Å²) in [4.78, 5) is 38.2. The molecular weight excluding hydrogens is 316 g/mol. The van der Waals surface area contributed by atoms with Crippen LogP contribution in [0.2, 0.25) is 5.02 Å². The van der Waals surface area contributed by atoms with E-state index in [0.717, 1.165) is 11.3 Å². The maximum atomic E-state index is 12.5. The number of amides is 3. The molecule has 2 fully saturated rings. The Kier molecular flexibility index (Phi) is 3.27. The molecule has 0 spiro atoms. The molecule has 1 heterocycles. The van der Waals surface area contributed by atoms with Crippen LogP contribution < -0.4 is 5.32 Å². The SMILES string of the molecule is O=C(CN1C(=O)[C@H]2[C@H](C1=O)[C@H]1C=C[C@@H]2C1)Nc1ccc(Cl)cc1. The second-order valence-electron chi connectivity index (χ2n) is 6.32. The Labute approximate surface area is 138 Å². The minimum atomic E-state index is -0.380. The molecule has 6 heteroatoms.